The zero-order valence-electron chi connectivity index (χ0n) is 11.7. The van der Waals surface area contributed by atoms with Crippen LogP contribution in [0, 0.1) is 6.92 Å². The van der Waals surface area contributed by atoms with Crippen LogP contribution in [0.3, 0.4) is 0 Å². The number of nitrogens with one attached hydrogen (secondary N) is 1. The normalized spacial score (nSPS) is 12.2. The number of benzene rings is 1. The first-order valence-electron chi connectivity index (χ1n) is 6.50. The van der Waals surface area contributed by atoms with Crippen LogP contribution < -0.4 is 15.7 Å². The van der Waals surface area contributed by atoms with Crippen LogP contribution in [-0.2, 0) is 4.79 Å². The Bertz CT molecular complexity index is 690. The molecule has 2 rings (SSSR count). The van der Waals surface area contributed by atoms with E-state index in [1.165, 1.54) is 6.07 Å². The van der Waals surface area contributed by atoms with Gasteiger partial charge in [0.25, 0.3) is 5.91 Å². The van der Waals surface area contributed by atoms with Gasteiger partial charge in [-0.3, -0.25) is 4.79 Å². The summed E-state index contributed by atoms with van der Waals surface area (Å²) in [5, 5.41) is 3.53. The summed E-state index contributed by atoms with van der Waals surface area (Å²) >= 11 is 0. The van der Waals surface area contributed by atoms with Crippen LogP contribution in [0.5, 0.6) is 5.75 Å². The predicted molar refractivity (Wildman–Crippen MR) is 76.0 cm³/mol. The van der Waals surface area contributed by atoms with Crippen LogP contribution in [-0.4, -0.2) is 18.6 Å². The maximum atomic E-state index is 11.6. The van der Waals surface area contributed by atoms with Gasteiger partial charge in [0.05, 0.1) is 0 Å². The summed E-state index contributed by atoms with van der Waals surface area (Å²) in [6.45, 7) is 5.91. The molecule has 0 bridgehead atoms. The van der Waals surface area contributed by atoms with Gasteiger partial charge in [0.15, 0.2) is 6.10 Å². The summed E-state index contributed by atoms with van der Waals surface area (Å²) in [5.41, 5.74) is 0.902. The topological polar surface area (TPSA) is 68.5 Å². The van der Waals surface area contributed by atoms with Gasteiger partial charge in [0, 0.05) is 24.1 Å². The van der Waals surface area contributed by atoms with Gasteiger partial charge in [0.2, 0.25) is 0 Å². The number of likely N-dealkylation sites (N-methyl/N-ethyl adjacent to an activating group) is 1. The van der Waals surface area contributed by atoms with E-state index < -0.39 is 11.7 Å². The Morgan fingerprint density at radius 3 is 2.85 bits per heavy atom. The second kappa shape index (κ2) is 5.77. The lowest BCUT2D eigenvalue weighted by molar-refractivity contribution is -0.127. The fourth-order valence-corrected chi connectivity index (χ4v) is 1.95. The number of hydrogen-bond donors (Lipinski definition) is 1. The Morgan fingerprint density at radius 1 is 1.40 bits per heavy atom. The Labute approximate surface area is 116 Å². The molecule has 1 aromatic heterocycles. The van der Waals surface area contributed by atoms with E-state index in [9.17, 15) is 9.59 Å². The Morgan fingerprint density at radius 2 is 2.15 bits per heavy atom. The molecule has 0 aliphatic heterocycles. The SMILES string of the molecule is CCNC(=O)[C@@H](C)Oc1ccc2c(C)cc(=O)oc2c1. The van der Waals surface area contributed by atoms with E-state index in [-0.39, 0.29) is 5.91 Å². The fourth-order valence-electron chi connectivity index (χ4n) is 1.95. The number of rotatable bonds is 4. The minimum atomic E-state index is -0.607. The summed E-state index contributed by atoms with van der Waals surface area (Å²) < 4.78 is 10.7. The van der Waals surface area contributed by atoms with Gasteiger partial charge in [0.1, 0.15) is 11.3 Å². The summed E-state index contributed by atoms with van der Waals surface area (Å²) in [6, 6.07) is 6.64. The average Bonchev–Trinajstić information content (AvgIpc) is 2.38. The highest BCUT2D eigenvalue weighted by molar-refractivity contribution is 5.82. The van der Waals surface area contributed by atoms with E-state index in [2.05, 4.69) is 5.32 Å². The average molecular weight is 275 g/mol. The maximum absolute atomic E-state index is 11.6. The molecule has 1 N–H and O–H groups in total. The summed E-state index contributed by atoms with van der Waals surface area (Å²) in [6.07, 6.45) is -0.607. The van der Waals surface area contributed by atoms with Crippen molar-refractivity contribution in [1.82, 2.24) is 5.32 Å². The minimum Gasteiger partial charge on any atom is -0.481 e. The maximum Gasteiger partial charge on any atom is 0.336 e. The van der Waals surface area contributed by atoms with Crippen LogP contribution in [0.1, 0.15) is 19.4 Å². The van der Waals surface area contributed by atoms with Crippen molar-refractivity contribution in [3.8, 4) is 5.75 Å². The number of carbonyl (C=O) groups excluding carboxylic acids is 1. The third kappa shape index (κ3) is 2.99. The van der Waals surface area contributed by atoms with Crippen LogP contribution in [0.25, 0.3) is 11.0 Å². The minimum absolute atomic E-state index is 0.182. The van der Waals surface area contributed by atoms with E-state index in [1.807, 2.05) is 19.9 Å². The van der Waals surface area contributed by atoms with Gasteiger partial charge >= 0.3 is 5.63 Å². The highest BCUT2D eigenvalue weighted by atomic mass is 16.5. The number of carbonyl (C=O) groups is 1. The van der Waals surface area contributed by atoms with E-state index in [0.717, 1.165) is 10.9 Å². The first-order valence-corrected chi connectivity index (χ1v) is 6.50. The molecule has 1 atom stereocenters. The molecule has 20 heavy (non-hydrogen) atoms. The largest absolute Gasteiger partial charge is 0.481 e. The standard InChI is InChI=1S/C15H17NO4/c1-4-16-15(18)10(3)19-11-5-6-12-9(2)7-14(17)20-13(12)8-11/h5-8,10H,4H2,1-3H3,(H,16,18)/t10-/m1/s1. The molecule has 0 saturated heterocycles. The first kappa shape index (κ1) is 14.1. The van der Waals surface area contributed by atoms with E-state index in [4.69, 9.17) is 9.15 Å². The molecule has 0 spiro atoms. The molecule has 0 unspecified atom stereocenters. The van der Waals surface area contributed by atoms with Crippen molar-refractivity contribution in [3.05, 3.63) is 40.2 Å². The lowest BCUT2D eigenvalue weighted by atomic mass is 10.1. The molecule has 0 aliphatic rings. The molecule has 5 heteroatoms. The zero-order valence-corrected chi connectivity index (χ0v) is 11.7. The molecular weight excluding hydrogens is 258 g/mol. The smallest absolute Gasteiger partial charge is 0.336 e. The molecule has 0 fully saturated rings. The second-order valence-corrected chi connectivity index (χ2v) is 4.56. The second-order valence-electron chi connectivity index (χ2n) is 4.56. The van der Waals surface area contributed by atoms with Gasteiger partial charge < -0.3 is 14.5 Å². The van der Waals surface area contributed by atoms with Crippen LogP contribution in [0.15, 0.2) is 33.5 Å². The highest BCUT2D eigenvalue weighted by Crippen LogP contribution is 2.22. The number of ether oxygens (including phenoxy) is 1. The number of hydrogen-bond acceptors (Lipinski definition) is 4. The van der Waals surface area contributed by atoms with Crippen LogP contribution in [0.2, 0.25) is 0 Å². The van der Waals surface area contributed by atoms with Gasteiger partial charge in [-0.15, -0.1) is 0 Å². The molecule has 106 valence electrons. The quantitative estimate of drug-likeness (QED) is 0.867. The summed E-state index contributed by atoms with van der Waals surface area (Å²) in [4.78, 5) is 23.0. The lowest BCUT2D eigenvalue weighted by Crippen LogP contribution is -2.36. The van der Waals surface area contributed by atoms with E-state index in [0.29, 0.717) is 17.9 Å². The van der Waals surface area contributed by atoms with Gasteiger partial charge in [-0.25, -0.2) is 4.79 Å². The molecule has 2 aromatic rings. The molecule has 1 heterocycles. The lowest BCUT2D eigenvalue weighted by Gasteiger charge is -2.14. The Hall–Kier alpha value is -2.30. The molecule has 0 saturated carbocycles. The molecule has 5 nitrogen and oxygen atoms in total. The first-order chi connectivity index (χ1) is 9.51. The van der Waals surface area contributed by atoms with E-state index >= 15 is 0 Å². The van der Waals surface area contributed by atoms with Crippen molar-refractivity contribution in [1.29, 1.82) is 0 Å². The van der Waals surface area contributed by atoms with Crippen molar-refractivity contribution in [3.63, 3.8) is 0 Å². The van der Waals surface area contributed by atoms with Crippen LogP contribution in [0.4, 0.5) is 0 Å². The molecule has 1 amide bonds. The van der Waals surface area contributed by atoms with Gasteiger partial charge in [-0.1, -0.05) is 0 Å². The monoisotopic (exact) mass is 275 g/mol. The third-order valence-electron chi connectivity index (χ3n) is 2.96. The van der Waals surface area contributed by atoms with Crippen molar-refractivity contribution in [2.24, 2.45) is 0 Å². The van der Waals surface area contributed by atoms with Gasteiger partial charge in [-0.05, 0) is 38.5 Å². The van der Waals surface area contributed by atoms with Crippen LogP contribution >= 0.6 is 0 Å². The van der Waals surface area contributed by atoms with Gasteiger partial charge in [-0.2, -0.15) is 0 Å². The van der Waals surface area contributed by atoms with Crippen molar-refractivity contribution in [2.75, 3.05) is 6.54 Å². The van der Waals surface area contributed by atoms with Crippen molar-refractivity contribution in [2.45, 2.75) is 26.9 Å². The van der Waals surface area contributed by atoms with E-state index in [1.54, 1.807) is 19.1 Å². The molecule has 0 aliphatic carbocycles. The third-order valence-corrected chi connectivity index (χ3v) is 2.96. The molecule has 0 radical (unpaired) electrons. The Kier molecular flexibility index (Phi) is 4.08. The summed E-state index contributed by atoms with van der Waals surface area (Å²) in [5.74, 6) is 0.309. The molecule has 1 aromatic carbocycles. The van der Waals surface area contributed by atoms with Crippen molar-refractivity contribution >= 4 is 16.9 Å². The number of fused-ring (bicyclic) bond motifs is 1. The Balaban J connectivity index is 2.28. The predicted octanol–water partition coefficient (Wildman–Crippen LogP) is 2.00. The molecular formula is C15H17NO4. The summed E-state index contributed by atoms with van der Waals surface area (Å²) in [7, 11) is 0. The number of amides is 1. The number of aryl methyl sites for hydroxylation is 1. The zero-order chi connectivity index (χ0) is 14.7. The van der Waals surface area contributed by atoms with Crippen molar-refractivity contribution < 1.29 is 13.9 Å². The fraction of sp³-hybridized carbons (Fsp3) is 0.333. The highest BCUT2D eigenvalue weighted by Gasteiger charge is 2.14.